The Hall–Kier alpha value is -3.48. The van der Waals surface area contributed by atoms with Crippen LogP contribution in [0.2, 0.25) is 0 Å². The van der Waals surface area contributed by atoms with Gasteiger partial charge in [-0.1, -0.05) is 18.2 Å². The highest BCUT2D eigenvalue weighted by Gasteiger charge is 2.22. The van der Waals surface area contributed by atoms with Crippen molar-refractivity contribution in [2.75, 3.05) is 0 Å². The Bertz CT molecular complexity index is 1340. The third kappa shape index (κ3) is 3.40. The van der Waals surface area contributed by atoms with Gasteiger partial charge in [0.1, 0.15) is 5.82 Å². The number of aliphatic hydroxyl groups excluding tert-OH is 1. The first-order valence-corrected chi connectivity index (χ1v) is 10.1. The molecule has 0 spiro atoms. The summed E-state index contributed by atoms with van der Waals surface area (Å²) in [5.41, 5.74) is 1.32. The van der Waals surface area contributed by atoms with Crippen molar-refractivity contribution in [2.24, 2.45) is 0 Å². The molecule has 0 aliphatic carbocycles. The van der Waals surface area contributed by atoms with Crippen LogP contribution in [-0.2, 0) is 16.6 Å². The molecule has 0 saturated heterocycles. The molecule has 4 rings (SSSR count). The Morgan fingerprint density at radius 1 is 1.17 bits per heavy atom. The van der Waals surface area contributed by atoms with E-state index < -0.39 is 21.9 Å². The first-order chi connectivity index (χ1) is 13.9. The summed E-state index contributed by atoms with van der Waals surface area (Å²) in [6.07, 6.45) is 3.31. The Balaban J connectivity index is 1.89. The molecule has 0 saturated carbocycles. The topological polar surface area (TPSA) is 101 Å². The summed E-state index contributed by atoms with van der Waals surface area (Å²) in [6.45, 7) is -0.0217. The van der Waals surface area contributed by atoms with Gasteiger partial charge >= 0.3 is 0 Å². The van der Waals surface area contributed by atoms with E-state index in [2.05, 4.69) is 5.10 Å². The van der Waals surface area contributed by atoms with Crippen LogP contribution < -0.4 is 0 Å². The first-order valence-electron chi connectivity index (χ1n) is 8.62. The van der Waals surface area contributed by atoms with Crippen molar-refractivity contribution < 1.29 is 17.9 Å². The summed E-state index contributed by atoms with van der Waals surface area (Å²) in [6, 6.07) is 13.5. The summed E-state index contributed by atoms with van der Waals surface area (Å²) < 4.78 is 42.7. The molecule has 2 heterocycles. The molecule has 0 fully saturated rings. The lowest BCUT2D eigenvalue weighted by Crippen LogP contribution is -2.13. The summed E-state index contributed by atoms with van der Waals surface area (Å²) >= 11 is 0. The number of aromatic nitrogens is 3. The lowest BCUT2D eigenvalue weighted by molar-refractivity contribution is 0.202. The van der Waals surface area contributed by atoms with Gasteiger partial charge in [-0.3, -0.25) is 4.68 Å². The number of halogens is 1. The van der Waals surface area contributed by atoms with E-state index in [4.69, 9.17) is 5.26 Å². The maximum atomic E-state index is 13.9. The summed E-state index contributed by atoms with van der Waals surface area (Å²) in [7, 11) is -3.95. The molecule has 0 aliphatic rings. The highest BCUT2D eigenvalue weighted by Crippen LogP contribution is 2.33. The normalized spacial score (nSPS) is 12.7. The van der Waals surface area contributed by atoms with Crippen molar-refractivity contribution in [3.8, 4) is 17.2 Å². The Morgan fingerprint density at radius 3 is 2.66 bits per heavy atom. The van der Waals surface area contributed by atoms with Crippen LogP contribution in [0.3, 0.4) is 0 Å². The van der Waals surface area contributed by atoms with Crippen LogP contribution in [0.15, 0.2) is 72.0 Å². The third-order valence-corrected chi connectivity index (χ3v) is 6.17. The molecule has 2 aromatic heterocycles. The summed E-state index contributed by atoms with van der Waals surface area (Å²) in [4.78, 5) is 0.0838. The predicted octanol–water partition coefficient (Wildman–Crippen LogP) is 2.77. The predicted molar refractivity (Wildman–Crippen MR) is 104 cm³/mol. The van der Waals surface area contributed by atoms with Crippen molar-refractivity contribution in [3.05, 3.63) is 72.9 Å². The average molecular weight is 410 g/mol. The zero-order chi connectivity index (χ0) is 20.6. The molecule has 7 nitrogen and oxygen atoms in total. The van der Waals surface area contributed by atoms with E-state index in [9.17, 15) is 17.9 Å². The van der Waals surface area contributed by atoms with Gasteiger partial charge in [-0.15, -0.1) is 0 Å². The van der Waals surface area contributed by atoms with Crippen LogP contribution in [0.25, 0.3) is 22.0 Å². The standard InChI is InChI=1S/C20H15FN4O3S/c21-15-6-7-18-19(14-10-23-24(11-14)12-16(26)9-22)13-25(20(18)8-15)29(27,28)17-4-2-1-3-5-17/h1-8,10-11,13,16,26H,12H2. The SMILES string of the molecule is N#CC(O)Cn1cc(-c2cn(S(=O)(=O)c3ccccc3)c3cc(F)ccc23)cn1. The Labute approximate surface area is 165 Å². The van der Waals surface area contributed by atoms with Crippen LogP contribution in [-0.4, -0.2) is 33.4 Å². The Morgan fingerprint density at radius 2 is 1.93 bits per heavy atom. The lowest BCUT2D eigenvalue weighted by Gasteiger charge is -2.07. The van der Waals surface area contributed by atoms with Crippen LogP contribution in [0.5, 0.6) is 0 Å². The van der Waals surface area contributed by atoms with Crippen molar-refractivity contribution >= 4 is 20.9 Å². The molecule has 0 aliphatic heterocycles. The molecule has 0 bridgehead atoms. The summed E-state index contributed by atoms with van der Waals surface area (Å²) in [5, 5.41) is 22.9. The second-order valence-corrected chi connectivity index (χ2v) is 8.23. The number of hydrogen-bond acceptors (Lipinski definition) is 5. The van der Waals surface area contributed by atoms with Crippen molar-refractivity contribution in [1.29, 1.82) is 5.26 Å². The van der Waals surface area contributed by atoms with Gasteiger partial charge in [0.2, 0.25) is 0 Å². The van der Waals surface area contributed by atoms with Crippen LogP contribution in [0.1, 0.15) is 0 Å². The summed E-state index contributed by atoms with van der Waals surface area (Å²) in [5.74, 6) is -0.556. The van der Waals surface area contributed by atoms with Gasteiger partial charge < -0.3 is 5.11 Å². The highest BCUT2D eigenvalue weighted by atomic mass is 32.2. The van der Waals surface area contributed by atoms with E-state index in [1.54, 1.807) is 30.5 Å². The van der Waals surface area contributed by atoms with Crippen LogP contribution in [0.4, 0.5) is 4.39 Å². The minimum absolute atomic E-state index is 0.0217. The van der Waals surface area contributed by atoms with Crippen LogP contribution >= 0.6 is 0 Å². The van der Waals surface area contributed by atoms with Crippen molar-refractivity contribution in [2.45, 2.75) is 17.5 Å². The molecule has 1 N–H and O–H groups in total. The van der Waals surface area contributed by atoms with Gasteiger partial charge in [0.15, 0.2) is 6.10 Å². The minimum atomic E-state index is -3.95. The van der Waals surface area contributed by atoms with Gasteiger partial charge in [-0.2, -0.15) is 10.4 Å². The number of nitrogens with zero attached hydrogens (tertiary/aromatic N) is 4. The zero-order valence-electron chi connectivity index (χ0n) is 15.0. The molecular weight excluding hydrogens is 395 g/mol. The van der Waals surface area contributed by atoms with E-state index in [-0.39, 0.29) is 17.0 Å². The molecule has 1 unspecified atom stereocenters. The maximum absolute atomic E-state index is 13.9. The fourth-order valence-electron chi connectivity index (χ4n) is 3.13. The van der Waals surface area contributed by atoms with E-state index in [1.807, 2.05) is 0 Å². The first kappa shape index (κ1) is 18.9. The van der Waals surface area contributed by atoms with E-state index in [1.165, 1.54) is 47.4 Å². The molecule has 4 aromatic rings. The maximum Gasteiger partial charge on any atom is 0.268 e. The fraction of sp³-hybridized carbons (Fsp3) is 0.100. The Kier molecular flexibility index (Phi) is 4.66. The second kappa shape index (κ2) is 7.16. The number of fused-ring (bicyclic) bond motifs is 1. The molecule has 9 heteroatoms. The molecule has 146 valence electrons. The lowest BCUT2D eigenvalue weighted by atomic mass is 10.1. The fourth-order valence-corrected chi connectivity index (χ4v) is 4.51. The van der Waals surface area contributed by atoms with Crippen molar-refractivity contribution in [3.63, 3.8) is 0 Å². The smallest absolute Gasteiger partial charge is 0.268 e. The number of aliphatic hydroxyl groups is 1. The van der Waals surface area contributed by atoms with Gasteiger partial charge in [-0.05, 0) is 30.3 Å². The molecular formula is C20H15FN4O3S. The van der Waals surface area contributed by atoms with E-state index >= 15 is 0 Å². The van der Waals surface area contributed by atoms with E-state index in [0.29, 0.717) is 16.5 Å². The molecule has 2 aromatic carbocycles. The molecule has 1 atom stereocenters. The molecule has 0 amide bonds. The minimum Gasteiger partial charge on any atom is -0.376 e. The largest absolute Gasteiger partial charge is 0.376 e. The van der Waals surface area contributed by atoms with Crippen molar-refractivity contribution in [1.82, 2.24) is 13.8 Å². The number of benzene rings is 2. The zero-order valence-corrected chi connectivity index (χ0v) is 15.8. The number of nitriles is 1. The highest BCUT2D eigenvalue weighted by molar-refractivity contribution is 7.90. The van der Waals surface area contributed by atoms with Gasteiger partial charge in [0, 0.05) is 28.9 Å². The molecule has 29 heavy (non-hydrogen) atoms. The van der Waals surface area contributed by atoms with Gasteiger partial charge in [-0.25, -0.2) is 16.8 Å². The van der Waals surface area contributed by atoms with Gasteiger partial charge in [0.25, 0.3) is 10.0 Å². The quantitative estimate of drug-likeness (QED) is 0.510. The van der Waals surface area contributed by atoms with Crippen LogP contribution in [0, 0.1) is 17.1 Å². The number of rotatable bonds is 5. The number of hydrogen-bond donors (Lipinski definition) is 1. The monoisotopic (exact) mass is 410 g/mol. The molecule has 0 radical (unpaired) electrons. The second-order valence-electron chi connectivity index (χ2n) is 6.41. The average Bonchev–Trinajstić information content (AvgIpc) is 3.33. The van der Waals surface area contributed by atoms with Gasteiger partial charge in [0.05, 0.1) is 29.2 Å². The third-order valence-electron chi connectivity index (χ3n) is 4.49. The van der Waals surface area contributed by atoms with E-state index in [0.717, 1.165) is 3.97 Å².